The highest BCUT2D eigenvalue weighted by Gasteiger charge is 2.31. The Labute approximate surface area is 167 Å². The molecule has 0 amide bonds. The first-order chi connectivity index (χ1) is 14.3. The summed E-state index contributed by atoms with van der Waals surface area (Å²) in [6.07, 6.45) is -0.422. The lowest BCUT2D eigenvalue weighted by Crippen LogP contribution is -2.07. The van der Waals surface area contributed by atoms with Crippen molar-refractivity contribution in [1.82, 2.24) is 29.9 Å². The summed E-state index contributed by atoms with van der Waals surface area (Å²) in [5.41, 5.74) is 1.62. The number of aromatic nitrogens is 6. The van der Waals surface area contributed by atoms with Gasteiger partial charge in [0.25, 0.3) is 0 Å². The van der Waals surface area contributed by atoms with E-state index in [0.717, 1.165) is 0 Å². The van der Waals surface area contributed by atoms with Gasteiger partial charge in [-0.3, -0.25) is 0 Å². The van der Waals surface area contributed by atoms with Crippen LogP contribution in [-0.4, -0.2) is 29.9 Å². The van der Waals surface area contributed by atoms with Crippen LogP contribution in [0.4, 0.5) is 29.2 Å². The molecule has 0 aliphatic rings. The van der Waals surface area contributed by atoms with E-state index in [-0.39, 0.29) is 5.95 Å². The number of halogens is 4. The fraction of sp³-hybridized carbons (Fsp3) is 0.158. The number of hydrogen-bond donors (Lipinski definition) is 1. The monoisotopic (exact) mass is 415 g/mol. The second kappa shape index (κ2) is 7.58. The third-order valence-corrected chi connectivity index (χ3v) is 4.20. The Morgan fingerprint density at radius 1 is 1.00 bits per heavy atom. The molecular weight excluding hydrogens is 402 g/mol. The summed E-state index contributed by atoms with van der Waals surface area (Å²) in [6, 6.07) is 5.06. The van der Waals surface area contributed by atoms with E-state index >= 15 is 0 Å². The molecule has 7 nitrogen and oxygen atoms in total. The molecule has 11 heteroatoms. The standard InChI is InChI=1S/C19H13F4N7/c1-10-4-15(30-18-25-7-12(8-26-18)19(21,22)23)13-2-3-14(29-17(13)28-10)16-11(5-20)6-24-9-27-16/h2-4,6-9H,5H2,1H3,(H,25,26,28,29,30). The van der Waals surface area contributed by atoms with Crippen molar-refractivity contribution in [3.05, 3.63) is 59.9 Å². The van der Waals surface area contributed by atoms with Crippen LogP contribution in [0.2, 0.25) is 0 Å². The fourth-order valence-electron chi connectivity index (χ4n) is 2.81. The van der Waals surface area contributed by atoms with E-state index in [1.807, 2.05) is 0 Å². The summed E-state index contributed by atoms with van der Waals surface area (Å²) in [4.78, 5) is 24.2. The number of nitrogens with zero attached hydrogens (tertiary/aromatic N) is 6. The second-order valence-corrected chi connectivity index (χ2v) is 6.33. The van der Waals surface area contributed by atoms with Gasteiger partial charge in [-0.15, -0.1) is 0 Å². The van der Waals surface area contributed by atoms with Gasteiger partial charge in [0.05, 0.1) is 22.6 Å². The lowest BCUT2D eigenvalue weighted by Gasteiger charge is -2.11. The normalized spacial score (nSPS) is 11.6. The van der Waals surface area contributed by atoms with Gasteiger partial charge in [0.2, 0.25) is 5.95 Å². The molecule has 0 radical (unpaired) electrons. The number of nitrogens with one attached hydrogen (secondary N) is 1. The van der Waals surface area contributed by atoms with Gasteiger partial charge in [0.15, 0.2) is 5.65 Å². The second-order valence-electron chi connectivity index (χ2n) is 6.33. The predicted octanol–water partition coefficient (Wildman–Crippen LogP) is 4.42. The number of aryl methyl sites for hydroxylation is 1. The van der Waals surface area contributed by atoms with Gasteiger partial charge in [-0.25, -0.2) is 34.3 Å². The third kappa shape index (κ3) is 3.86. The molecule has 4 aromatic rings. The Balaban J connectivity index is 1.73. The maximum absolute atomic E-state index is 13.2. The number of hydrogen-bond acceptors (Lipinski definition) is 7. The lowest BCUT2D eigenvalue weighted by atomic mass is 10.1. The largest absolute Gasteiger partial charge is 0.419 e. The van der Waals surface area contributed by atoms with Crippen LogP contribution in [0.25, 0.3) is 22.4 Å². The molecule has 1 N–H and O–H groups in total. The number of alkyl halides is 4. The van der Waals surface area contributed by atoms with Crippen LogP contribution in [0.5, 0.6) is 0 Å². The van der Waals surface area contributed by atoms with Crippen molar-refractivity contribution in [2.75, 3.05) is 5.32 Å². The van der Waals surface area contributed by atoms with Crippen LogP contribution >= 0.6 is 0 Å². The van der Waals surface area contributed by atoms with Gasteiger partial charge in [-0.05, 0) is 25.1 Å². The van der Waals surface area contributed by atoms with Crippen molar-refractivity contribution in [3.8, 4) is 11.4 Å². The molecule has 0 unspecified atom stereocenters. The van der Waals surface area contributed by atoms with E-state index < -0.39 is 18.4 Å². The highest BCUT2D eigenvalue weighted by Crippen LogP contribution is 2.30. The zero-order valence-electron chi connectivity index (χ0n) is 15.4. The predicted molar refractivity (Wildman–Crippen MR) is 100 cm³/mol. The summed E-state index contributed by atoms with van der Waals surface area (Å²) < 4.78 is 51.3. The van der Waals surface area contributed by atoms with Crippen molar-refractivity contribution >= 4 is 22.7 Å². The van der Waals surface area contributed by atoms with Gasteiger partial charge >= 0.3 is 6.18 Å². The maximum Gasteiger partial charge on any atom is 0.419 e. The molecular formula is C19H13F4N7. The molecule has 4 aromatic heterocycles. The minimum Gasteiger partial charge on any atom is -0.323 e. The molecule has 0 aliphatic heterocycles. The molecule has 0 atom stereocenters. The van der Waals surface area contributed by atoms with Gasteiger partial charge < -0.3 is 5.32 Å². The molecule has 0 aromatic carbocycles. The Kier molecular flexibility index (Phi) is 4.94. The van der Waals surface area contributed by atoms with Crippen molar-refractivity contribution in [2.24, 2.45) is 0 Å². The summed E-state index contributed by atoms with van der Waals surface area (Å²) >= 11 is 0. The van der Waals surface area contributed by atoms with Crippen LogP contribution in [0.3, 0.4) is 0 Å². The summed E-state index contributed by atoms with van der Waals surface area (Å²) in [7, 11) is 0. The maximum atomic E-state index is 13.2. The number of anilines is 2. The Morgan fingerprint density at radius 3 is 2.47 bits per heavy atom. The Hall–Kier alpha value is -3.76. The minimum atomic E-state index is -4.52. The third-order valence-electron chi connectivity index (χ3n) is 4.20. The Bertz CT molecular complexity index is 1210. The fourth-order valence-corrected chi connectivity index (χ4v) is 2.81. The molecule has 0 saturated carbocycles. The van der Waals surface area contributed by atoms with Gasteiger partial charge in [-0.2, -0.15) is 13.2 Å². The van der Waals surface area contributed by atoms with E-state index in [1.165, 1.54) is 12.5 Å². The van der Waals surface area contributed by atoms with Crippen LogP contribution < -0.4 is 5.32 Å². The molecule has 152 valence electrons. The number of pyridine rings is 2. The number of fused-ring (bicyclic) bond motifs is 1. The average Bonchev–Trinajstić information content (AvgIpc) is 2.73. The first-order valence-electron chi connectivity index (χ1n) is 8.65. The van der Waals surface area contributed by atoms with Gasteiger partial charge in [0, 0.05) is 35.2 Å². The van der Waals surface area contributed by atoms with Crippen LogP contribution in [-0.2, 0) is 12.9 Å². The van der Waals surface area contributed by atoms with Crippen LogP contribution in [0.15, 0.2) is 43.1 Å². The molecule has 0 aliphatic carbocycles. The average molecular weight is 415 g/mol. The van der Waals surface area contributed by atoms with E-state index in [1.54, 1.807) is 25.1 Å². The zero-order valence-corrected chi connectivity index (χ0v) is 15.4. The topological polar surface area (TPSA) is 89.4 Å². The molecule has 0 fully saturated rings. The Morgan fingerprint density at radius 2 is 1.77 bits per heavy atom. The summed E-state index contributed by atoms with van der Waals surface area (Å²) in [5, 5.41) is 3.48. The van der Waals surface area contributed by atoms with E-state index in [9.17, 15) is 17.6 Å². The SMILES string of the molecule is Cc1cc(Nc2ncc(C(F)(F)F)cn2)c2ccc(-c3ncncc3CF)nc2n1. The van der Waals surface area contributed by atoms with Crippen molar-refractivity contribution in [3.63, 3.8) is 0 Å². The number of rotatable bonds is 4. The smallest absolute Gasteiger partial charge is 0.323 e. The molecule has 4 rings (SSSR count). The highest BCUT2D eigenvalue weighted by atomic mass is 19.4. The van der Waals surface area contributed by atoms with Crippen LogP contribution in [0.1, 0.15) is 16.8 Å². The van der Waals surface area contributed by atoms with Crippen LogP contribution in [0, 0.1) is 6.92 Å². The van der Waals surface area contributed by atoms with Crippen molar-refractivity contribution < 1.29 is 17.6 Å². The molecule has 0 saturated heterocycles. The first kappa shape index (κ1) is 19.6. The lowest BCUT2D eigenvalue weighted by molar-refractivity contribution is -0.138. The molecule has 0 bridgehead atoms. The minimum absolute atomic E-state index is 0.00510. The van der Waals surface area contributed by atoms with E-state index in [2.05, 4.69) is 35.2 Å². The van der Waals surface area contributed by atoms with E-state index in [0.29, 0.717) is 51.8 Å². The van der Waals surface area contributed by atoms with Gasteiger partial charge in [0.1, 0.15) is 13.0 Å². The molecule has 4 heterocycles. The first-order valence-corrected chi connectivity index (χ1v) is 8.65. The van der Waals surface area contributed by atoms with Crippen molar-refractivity contribution in [2.45, 2.75) is 19.8 Å². The quantitative estimate of drug-likeness (QED) is 0.494. The molecule has 0 spiro atoms. The van der Waals surface area contributed by atoms with E-state index in [4.69, 9.17) is 0 Å². The zero-order chi connectivity index (χ0) is 21.3. The molecule has 30 heavy (non-hydrogen) atoms. The van der Waals surface area contributed by atoms with Gasteiger partial charge in [-0.1, -0.05) is 0 Å². The highest BCUT2D eigenvalue weighted by molar-refractivity contribution is 5.91. The van der Waals surface area contributed by atoms with Crippen molar-refractivity contribution in [1.29, 1.82) is 0 Å². The summed E-state index contributed by atoms with van der Waals surface area (Å²) in [5.74, 6) is -0.00510. The summed E-state index contributed by atoms with van der Waals surface area (Å²) in [6.45, 7) is 0.999.